The normalized spacial score (nSPS) is 10.0. The van der Waals surface area contributed by atoms with Gasteiger partial charge in [0.05, 0.1) is 21.3 Å². The van der Waals surface area contributed by atoms with Crippen LogP contribution in [0.5, 0.6) is 17.2 Å². The largest absolute Gasteiger partial charge is 0.493 e. The highest BCUT2D eigenvalue weighted by atomic mass is 16.5. The maximum Gasteiger partial charge on any atom is 0.269 e. The molecule has 0 saturated heterocycles. The molecule has 3 amide bonds. The maximum absolute atomic E-state index is 12.3. The van der Waals surface area contributed by atoms with E-state index in [1.807, 2.05) is 13.8 Å². The third-order valence-corrected chi connectivity index (χ3v) is 3.82. The average molecular weight is 397 g/mol. The molecule has 0 radical (unpaired) electrons. The van der Waals surface area contributed by atoms with Crippen molar-refractivity contribution in [2.45, 2.75) is 13.8 Å². The summed E-state index contributed by atoms with van der Waals surface area (Å²) in [6.45, 7) is 4.25. The van der Waals surface area contributed by atoms with E-state index in [1.165, 1.54) is 33.5 Å². The Morgan fingerprint density at radius 1 is 0.893 bits per heavy atom. The molecule has 0 aliphatic heterocycles. The number of nitrogens with one attached hydrogen (secondary N) is 2. The van der Waals surface area contributed by atoms with E-state index in [9.17, 15) is 14.4 Å². The van der Waals surface area contributed by atoms with E-state index in [0.717, 1.165) is 0 Å². The molecule has 1 rings (SSSR count). The van der Waals surface area contributed by atoms with Crippen LogP contribution in [0.4, 0.5) is 0 Å². The van der Waals surface area contributed by atoms with Crippen molar-refractivity contribution in [3.63, 3.8) is 0 Å². The number of rotatable bonds is 10. The lowest BCUT2D eigenvalue weighted by atomic mass is 10.1. The summed E-state index contributed by atoms with van der Waals surface area (Å²) in [4.78, 5) is 37.4. The van der Waals surface area contributed by atoms with Gasteiger partial charge in [-0.2, -0.15) is 0 Å². The third-order valence-electron chi connectivity index (χ3n) is 3.82. The minimum absolute atomic E-state index is 0.187. The number of hydrogen-bond acceptors (Lipinski definition) is 7. The summed E-state index contributed by atoms with van der Waals surface area (Å²) in [5.41, 5.74) is 4.66. The van der Waals surface area contributed by atoms with Crippen LogP contribution in [-0.2, 0) is 14.3 Å². The van der Waals surface area contributed by atoms with Crippen LogP contribution < -0.4 is 25.1 Å². The van der Waals surface area contributed by atoms with Crippen LogP contribution in [0.3, 0.4) is 0 Å². The molecule has 0 aromatic heterocycles. The molecular formula is C18H27N3O7. The smallest absolute Gasteiger partial charge is 0.269 e. The van der Waals surface area contributed by atoms with Gasteiger partial charge in [0.1, 0.15) is 13.2 Å². The molecular weight excluding hydrogens is 370 g/mol. The zero-order chi connectivity index (χ0) is 21.1. The zero-order valence-electron chi connectivity index (χ0n) is 16.8. The summed E-state index contributed by atoms with van der Waals surface area (Å²) in [6.07, 6.45) is 0. The summed E-state index contributed by atoms with van der Waals surface area (Å²) in [7, 11) is 4.31. The van der Waals surface area contributed by atoms with Crippen LogP contribution in [-0.4, -0.2) is 70.3 Å². The first-order valence-electron chi connectivity index (χ1n) is 8.66. The molecule has 10 heteroatoms. The summed E-state index contributed by atoms with van der Waals surface area (Å²) < 4.78 is 20.6. The number of likely N-dealkylation sites (N-methyl/N-ethyl adjacent to an activating group) is 1. The number of nitrogens with zero attached hydrogens (tertiary/aromatic N) is 1. The van der Waals surface area contributed by atoms with Crippen molar-refractivity contribution in [1.82, 2.24) is 15.8 Å². The SMILES string of the molecule is CCN(CC)C(=O)COCC(=O)NNC(=O)c1cc(OC)c(OC)c(OC)c1. The zero-order valence-corrected chi connectivity index (χ0v) is 16.8. The fraction of sp³-hybridized carbons (Fsp3) is 0.500. The second-order valence-electron chi connectivity index (χ2n) is 5.48. The molecule has 1 aromatic carbocycles. The highest BCUT2D eigenvalue weighted by Crippen LogP contribution is 2.38. The molecule has 0 aliphatic carbocycles. The van der Waals surface area contributed by atoms with E-state index in [0.29, 0.717) is 30.3 Å². The number of methoxy groups -OCH3 is 3. The van der Waals surface area contributed by atoms with Gasteiger partial charge in [-0.05, 0) is 26.0 Å². The van der Waals surface area contributed by atoms with Gasteiger partial charge in [-0.1, -0.05) is 0 Å². The molecule has 0 unspecified atom stereocenters. The number of benzene rings is 1. The fourth-order valence-corrected chi connectivity index (χ4v) is 2.35. The van der Waals surface area contributed by atoms with Crippen molar-refractivity contribution in [3.8, 4) is 17.2 Å². The van der Waals surface area contributed by atoms with E-state index in [2.05, 4.69) is 10.9 Å². The summed E-state index contributed by atoms with van der Waals surface area (Å²) in [5, 5.41) is 0. The highest BCUT2D eigenvalue weighted by molar-refractivity contribution is 5.96. The van der Waals surface area contributed by atoms with E-state index in [4.69, 9.17) is 18.9 Å². The summed E-state index contributed by atoms with van der Waals surface area (Å²) in [6, 6.07) is 2.89. The standard InChI is InChI=1S/C18H27N3O7/c1-6-21(7-2)16(23)11-28-10-15(22)19-20-18(24)12-8-13(25-3)17(27-5)14(9-12)26-4/h8-9H,6-7,10-11H2,1-5H3,(H,19,22)(H,20,24). The molecule has 0 aliphatic rings. The van der Waals surface area contributed by atoms with Crippen molar-refractivity contribution in [3.05, 3.63) is 17.7 Å². The number of amides is 3. The number of hydrazine groups is 1. The van der Waals surface area contributed by atoms with Gasteiger partial charge >= 0.3 is 0 Å². The Kier molecular flexibility index (Phi) is 9.58. The summed E-state index contributed by atoms with van der Waals surface area (Å²) >= 11 is 0. The van der Waals surface area contributed by atoms with Crippen LogP contribution in [0.25, 0.3) is 0 Å². The Morgan fingerprint density at radius 2 is 1.46 bits per heavy atom. The molecule has 0 atom stereocenters. The van der Waals surface area contributed by atoms with Crippen molar-refractivity contribution in [1.29, 1.82) is 0 Å². The number of ether oxygens (including phenoxy) is 4. The van der Waals surface area contributed by atoms with Crippen LogP contribution in [0.2, 0.25) is 0 Å². The second kappa shape index (κ2) is 11.7. The fourth-order valence-electron chi connectivity index (χ4n) is 2.35. The van der Waals surface area contributed by atoms with E-state index < -0.39 is 11.8 Å². The Labute approximate surface area is 164 Å². The Hall–Kier alpha value is -3.01. The van der Waals surface area contributed by atoms with Crippen LogP contribution in [0.15, 0.2) is 12.1 Å². The predicted molar refractivity (Wildman–Crippen MR) is 100 cm³/mol. The van der Waals surface area contributed by atoms with Crippen LogP contribution in [0.1, 0.15) is 24.2 Å². The van der Waals surface area contributed by atoms with Crippen molar-refractivity contribution in [2.24, 2.45) is 0 Å². The molecule has 0 heterocycles. The van der Waals surface area contributed by atoms with Gasteiger partial charge in [0, 0.05) is 18.7 Å². The second-order valence-corrected chi connectivity index (χ2v) is 5.48. The van der Waals surface area contributed by atoms with E-state index >= 15 is 0 Å². The quantitative estimate of drug-likeness (QED) is 0.548. The molecule has 0 fully saturated rings. The first kappa shape index (κ1) is 23.0. The molecule has 10 nitrogen and oxygen atoms in total. The first-order chi connectivity index (χ1) is 13.4. The maximum atomic E-state index is 12.3. The Morgan fingerprint density at radius 3 is 1.93 bits per heavy atom. The van der Waals surface area contributed by atoms with Crippen molar-refractivity contribution >= 4 is 17.7 Å². The highest BCUT2D eigenvalue weighted by Gasteiger charge is 2.17. The van der Waals surface area contributed by atoms with Gasteiger partial charge in [0.15, 0.2) is 11.5 Å². The molecule has 0 saturated carbocycles. The molecule has 156 valence electrons. The van der Waals surface area contributed by atoms with Gasteiger partial charge < -0.3 is 23.8 Å². The lowest BCUT2D eigenvalue weighted by Gasteiger charge is -2.18. The third kappa shape index (κ3) is 6.31. The van der Waals surface area contributed by atoms with Gasteiger partial charge in [-0.3, -0.25) is 25.2 Å². The minimum atomic E-state index is -0.604. The molecule has 0 spiro atoms. The van der Waals surface area contributed by atoms with Gasteiger partial charge in [0.2, 0.25) is 11.7 Å². The summed E-state index contributed by atoms with van der Waals surface area (Å²) in [5.74, 6) is -0.454. The van der Waals surface area contributed by atoms with Crippen LogP contribution >= 0.6 is 0 Å². The van der Waals surface area contributed by atoms with Crippen molar-refractivity contribution in [2.75, 3.05) is 47.6 Å². The number of hydrogen-bond donors (Lipinski definition) is 2. The minimum Gasteiger partial charge on any atom is -0.493 e. The average Bonchev–Trinajstić information content (AvgIpc) is 2.71. The van der Waals surface area contributed by atoms with Gasteiger partial charge in [0.25, 0.3) is 11.8 Å². The molecule has 28 heavy (non-hydrogen) atoms. The van der Waals surface area contributed by atoms with Crippen molar-refractivity contribution < 1.29 is 33.3 Å². The van der Waals surface area contributed by atoms with Gasteiger partial charge in [-0.15, -0.1) is 0 Å². The van der Waals surface area contributed by atoms with Gasteiger partial charge in [-0.25, -0.2) is 0 Å². The van der Waals surface area contributed by atoms with E-state index in [1.54, 1.807) is 4.90 Å². The van der Waals surface area contributed by atoms with E-state index in [-0.39, 0.29) is 24.7 Å². The predicted octanol–water partition coefficient (Wildman–Crippen LogP) is 0.358. The molecule has 2 N–H and O–H groups in total. The number of carbonyl (C=O) groups is 3. The molecule has 1 aromatic rings. The lowest BCUT2D eigenvalue weighted by Crippen LogP contribution is -2.44. The molecule has 0 bridgehead atoms. The lowest BCUT2D eigenvalue weighted by molar-refractivity contribution is -0.138. The van der Waals surface area contributed by atoms with Crippen LogP contribution in [0, 0.1) is 0 Å². The number of carbonyl (C=O) groups excluding carboxylic acids is 3. The topological polar surface area (TPSA) is 115 Å². The Bertz CT molecular complexity index is 665. The monoisotopic (exact) mass is 397 g/mol. The first-order valence-corrected chi connectivity index (χ1v) is 8.66. The Balaban J connectivity index is 2.58.